The lowest BCUT2D eigenvalue weighted by molar-refractivity contribution is 1.41. The van der Waals surface area contributed by atoms with E-state index >= 15 is 0 Å². The molecule has 0 bridgehead atoms. The zero-order valence-electron chi connectivity index (χ0n) is 9.63. The van der Waals surface area contributed by atoms with Gasteiger partial charge in [-0.2, -0.15) is 0 Å². The molecule has 0 radical (unpaired) electrons. The Hall–Kier alpha value is -1.80. The third-order valence-electron chi connectivity index (χ3n) is 2.35. The Labute approximate surface area is 108 Å². The Bertz CT molecular complexity index is 489. The highest BCUT2D eigenvalue weighted by Crippen LogP contribution is 2.13. The Kier molecular flexibility index (Phi) is 4.73. The van der Waals surface area contributed by atoms with Crippen molar-refractivity contribution in [1.29, 1.82) is 0 Å². The van der Waals surface area contributed by atoms with Crippen molar-refractivity contribution in [2.24, 2.45) is 10.7 Å². The summed E-state index contributed by atoms with van der Waals surface area (Å²) in [4.78, 5) is 4.36. The summed E-state index contributed by atoms with van der Waals surface area (Å²) in [6.45, 7) is 2.05. The largest absolute Gasteiger partial charge is 0.383 e. The quantitative estimate of drug-likeness (QED) is 0.640. The maximum atomic E-state index is 5.92. The van der Waals surface area contributed by atoms with Crippen molar-refractivity contribution < 1.29 is 0 Å². The van der Waals surface area contributed by atoms with Crippen molar-refractivity contribution in [3.8, 4) is 0 Å². The molecule has 0 amide bonds. The van der Waals surface area contributed by atoms with Gasteiger partial charge in [0.2, 0.25) is 0 Å². The molecule has 2 rings (SSSR count). The van der Waals surface area contributed by atoms with E-state index in [4.69, 9.17) is 5.73 Å². The van der Waals surface area contributed by atoms with Gasteiger partial charge in [0.05, 0.1) is 5.69 Å². The van der Waals surface area contributed by atoms with Gasteiger partial charge in [0.1, 0.15) is 5.84 Å². The SMILES string of the molecule is Cc1ccc(N=C(N)c2ccccc2)cc1.Cl. The molecule has 0 saturated heterocycles. The molecule has 0 aliphatic carbocycles. The van der Waals surface area contributed by atoms with Crippen LogP contribution in [0.15, 0.2) is 59.6 Å². The monoisotopic (exact) mass is 246 g/mol. The molecule has 0 fully saturated rings. The van der Waals surface area contributed by atoms with Gasteiger partial charge in [-0.1, -0.05) is 48.0 Å². The van der Waals surface area contributed by atoms with Gasteiger partial charge >= 0.3 is 0 Å². The van der Waals surface area contributed by atoms with E-state index in [0.717, 1.165) is 11.3 Å². The number of hydrogen-bond acceptors (Lipinski definition) is 1. The predicted octanol–water partition coefficient (Wildman–Crippen LogP) is 3.45. The first-order valence-electron chi connectivity index (χ1n) is 5.22. The summed E-state index contributed by atoms with van der Waals surface area (Å²) in [5.41, 5.74) is 8.96. The normalized spacial score (nSPS) is 10.8. The fourth-order valence-corrected chi connectivity index (χ4v) is 1.43. The highest BCUT2D eigenvalue weighted by molar-refractivity contribution is 5.98. The summed E-state index contributed by atoms with van der Waals surface area (Å²) in [7, 11) is 0. The van der Waals surface area contributed by atoms with E-state index in [-0.39, 0.29) is 12.4 Å². The van der Waals surface area contributed by atoms with E-state index in [1.54, 1.807) is 0 Å². The molecular weight excluding hydrogens is 232 g/mol. The Morgan fingerprint density at radius 3 is 2.12 bits per heavy atom. The fourth-order valence-electron chi connectivity index (χ4n) is 1.43. The van der Waals surface area contributed by atoms with E-state index in [1.165, 1.54) is 5.56 Å². The van der Waals surface area contributed by atoms with Gasteiger partial charge in [-0.25, -0.2) is 4.99 Å². The van der Waals surface area contributed by atoms with Crippen molar-refractivity contribution in [2.75, 3.05) is 0 Å². The zero-order chi connectivity index (χ0) is 11.4. The molecule has 17 heavy (non-hydrogen) atoms. The molecule has 2 aromatic carbocycles. The number of aliphatic imine (C=N–C) groups is 1. The number of rotatable bonds is 2. The van der Waals surface area contributed by atoms with Crippen LogP contribution in [0.25, 0.3) is 0 Å². The van der Waals surface area contributed by atoms with Crippen molar-refractivity contribution in [1.82, 2.24) is 0 Å². The molecule has 0 spiro atoms. The van der Waals surface area contributed by atoms with Crippen LogP contribution in [-0.4, -0.2) is 5.84 Å². The van der Waals surface area contributed by atoms with E-state index in [1.807, 2.05) is 61.5 Å². The average Bonchev–Trinajstić information content (AvgIpc) is 2.33. The van der Waals surface area contributed by atoms with Crippen LogP contribution in [0.4, 0.5) is 5.69 Å². The van der Waals surface area contributed by atoms with Crippen LogP contribution in [0.1, 0.15) is 11.1 Å². The van der Waals surface area contributed by atoms with Crippen molar-refractivity contribution in [3.63, 3.8) is 0 Å². The van der Waals surface area contributed by atoms with Crippen LogP contribution in [0, 0.1) is 6.92 Å². The van der Waals surface area contributed by atoms with Crippen LogP contribution >= 0.6 is 12.4 Å². The van der Waals surface area contributed by atoms with E-state index in [9.17, 15) is 0 Å². The third-order valence-corrected chi connectivity index (χ3v) is 2.35. The first-order valence-corrected chi connectivity index (χ1v) is 5.22. The third kappa shape index (κ3) is 3.61. The summed E-state index contributed by atoms with van der Waals surface area (Å²) < 4.78 is 0. The summed E-state index contributed by atoms with van der Waals surface area (Å²) in [6, 6.07) is 17.7. The number of nitrogens with two attached hydrogens (primary N) is 1. The minimum atomic E-state index is 0. The lowest BCUT2D eigenvalue weighted by Gasteiger charge is -2.00. The van der Waals surface area contributed by atoms with E-state index in [0.29, 0.717) is 5.84 Å². The standard InChI is InChI=1S/C14H14N2.ClH/c1-11-7-9-13(10-8-11)16-14(15)12-5-3-2-4-6-12;/h2-10H,1H3,(H2,15,16);1H. The molecule has 2 N–H and O–H groups in total. The number of amidine groups is 1. The van der Waals surface area contributed by atoms with E-state index in [2.05, 4.69) is 4.99 Å². The minimum Gasteiger partial charge on any atom is -0.383 e. The summed E-state index contributed by atoms with van der Waals surface area (Å²) in [5, 5.41) is 0. The smallest absolute Gasteiger partial charge is 0.131 e. The first kappa shape index (κ1) is 13.3. The van der Waals surface area contributed by atoms with Gasteiger partial charge in [0.15, 0.2) is 0 Å². The second-order valence-corrected chi connectivity index (χ2v) is 3.70. The van der Waals surface area contributed by atoms with Crippen LogP contribution in [0.3, 0.4) is 0 Å². The summed E-state index contributed by atoms with van der Waals surface area (Å²) in [6.07, 6.45) is 0. The van der Waals surface area contributed by atoms with Crippen LogP contribution in [0.2, 0.25) is 0 Å². The lowest BCUT2D eigenvalue weighted by atomic mass is 10.2. The molecule has 0 heterocycles. The summed E-state index contributed by atoms with van der Waals surface area (Å²) >= 11 is 0. The summed E-state index contributed by atoms with van der Waals surface area (Å²) in [5.74, 6) is 0.546. The highest BCUT2D eigenvalue weighted by atomic mass is 35.5. The highest BCUT2D eigenvalue weighted by Gasteiger charge is 1.96. The van der Waals surface area contributed by atoms with Crippen LogP contribution in [-0.2, 0) is 0 Å². The van der Waals surface area contributed by atoms with Crippen LogP contribution in [0.5, 0.6) is 0 Å². The number of halogens is 1. The second kappa shape index (κ2) is 6.06. The Balaban J connectivity index is 0.00000144. The molecule has 0 atom stereocenters. The number of hydrogen-bond donors (Lipinski definition) is 1. The Morgan fingerprint density at radius 2 is 1.53 bits per heavy atom. The van der Waals surface area contributed by atoms with Crippen molar-refractivity contribution in [2.45, 2.75) is 6.92 Å². The van der Waals surface area contributed by atoms with Gasteiger partial charge in [0, 0.05) is 5.56 Å². The second-order valence-electron chi connectivity index (χ2n) is 3.70. The molecule has 0 unspecified atom stereocenters. The van der Waals surface area contributed by atoms with Gasteiger partial charge in [0.25, 0.3) is 0 Å². The van der Waals surface area contributed by atoms with Crippen LogP contribution < -0.4 is 5.73 Å². The average molecular weight is 247 g/mol. The Morgan fingerprint density at radius 1 is 0.941 bits per heavy atom. The molecule has 88 valence electrons. The fraction of sp³-hybridized carbons (Fsp3) is 0.0714. The topological polar surface area (TPSA) is 38.4 Å². The van der Waals surface area contributed by atoms with Gasteiger partial charge in [-0.05, 0) is 19.1 Å². The minimum absolute atomic E-state index is 0. The molecule has 2 aromatic rings. The van der Waals surface area contributed by atoms with Crippen molar-refractivity contribution >= 4 is 23.9 Å². The lowest BCUT2D eigenvalue weighted by Crippen LogP contribution is -2.12. The molecule has 0 aliphatic rings. The molecule has 0 saturated carbocycles. The molecule has 0 aliphatic heterocycles. The maximum Gasteiger partial charge on any atom is 0.131 e. The number of aryl methyl sites for hydroxylation is 1. The van der Waals surface area contributed by atoms with Gasteiger partial charge < -0.3 is 5.73 Å². The molecule has 3 heteroatoms. The number of benzene rings is 2. The van der Waals surface area contributed by atoms with Gasteiger partial charge in [-0.3, -0.25) is 0 Å². The van der Waals surface area contributed by atoms with Gasteiger partial charge in [-0.15, -0.1) is 12.4 Å². The molecule has 2 nitrogen and oxygen atoms in total. The van der Waals surface area contributed by atoms with E-state index < -0.39 is 0 Å². The zero-order valence-corrected chi connectivity index (χ0v) is 10.4. The van der Waals surface area contributed by atoms with Crippen molar-refractivity contribution in [3.05, 3.63) is 65.7 Å². The number of nitrogens with zero attached hydrogens (tertiary/aromatic N) is 1. The first-order chi connectivity index (χ1) is 7.75. The molecular formula is C14H15ClN2. The predicted molar refractivity (Wildman–Crippen MR) is 75.3 cm³/mol. The maximum absolute atomic E-state index is 5.92. The molecule has 0 aromatic heterocycles.